The van der Waals surface area contributed by atoms with E-state index in [0.29, 0.717) is 0 Å². The van der Waals surface area contributed by atoms with Crippen LogP contribution in [0.15, 0.2) is 0 Å². The molecule has 0 aliphatic heterocycles. The number of nitrogens with one attached hydrogen (secondary N) is 1. The summed E-state index contributed by atoms with van der Waals surface area (Å²) < 4.78 is 0. The van der Waals surface area contributed by atoms with Gasteiger partial charge in [0.2, 0.25) is 0 Å². The quantitative estimate of drug-likeness (QED) is 0.383. The summed E-state index contributed by atoms with van der Waals surface area (Å²) in [6, 6.07) is 0. The molecule has 2 unspecified atom stereocenters. The minimum Gasteiger partial charge on any atom is -0.316 e. The molecule has 0 aliphatic rings. The fourth-order valence-corrected chi connectivity index (χ4v) is 2.69. The molecule has 0 aromatic rings. The Bertz CT molecular complexity index is 188. The summed E-state index contributed by atoms with van der Waals surface area (Å²) in [5.74, 6) is 2.46. The normalized spacial score (nSPS) is 14.7. The highest BCUT2D eigenvalue weighted by Gasteiger charge is 2.11. The Kier molecular flexibility index (Phi) is 13.9. The molecule has 0 heterocycles. The zero-order valence-electron chi connectivity index (χ0n) is 15.0. The van der Waals surface area contributed by atoms with E-state index in [4.69, 9.17) is 0 Å². The molecule has 1 heteroatoms. The van der Waals surface area contributed by atoms with Gasteiger partial charge in [-0.1, -0.05) is 92.4 Å². The van der Waals surface area contributed by atoms with Crippen molar-refractivity contribution >= 4 is 0 Å². The van der Waals surface area contributed by atoms with Gasteiger partial charge in [-0.3, -0.25) is 0 Å². The molecule has 122 valence electrons. The predicted octanol–water partition coefficient (Wildman–Crippen LogP) is 6.04. The van der Waals surface area contributed by atoms with Crippen molar-refractivity contribution in [3.63, 3.8) is 0 Å². The van der Waals surface area contributed by atoms with E-state index >= 15 is 0 Å². The molecule has 0 radical (unpaired) electrons. The van der Waals surface area contributed by atoms with Crippen molar-refractivity contribution < 1.29 is 0 Å². The van der Waals surface area contributed by atoms with Crippen LogP contribution in [0.25, 0.3) is 0 Å². The third kappa shape index (κ3) is 13.0. The third-order valence-electron chi connectivity index (χ3n) is 4.50. The van der Waals surface area contributed by atoms with Crippen molar-refractivity contribution in [1.82, 2.24) is 5.32 Å². The molecule has 1 N–H and O–H groups in total. The summed E-state index contributed by atoms with van der Waals surface area (Å²) in [6.07, 6.45) is 12.9. The smallest absolute Gasteiger partial charge is 0.00205 e. The average Bonchev–Trinajstić information content (AvgIpc) is 2.41. The minimum absolute atomic E-state index is 0.769. The van der Waals surface area contributed by atoms with E-state index in [2.05, 4.69) is 39.9 Å². The maximum atomic E-state index is 3.60. The van der Waals surface area contributed by atoms with Gasteiger partial charge in [0.1, 0.15) is 0 Å². The molecule has 2 atom stereocenters. The van der Waals surface area contributed by atoms with Gasteiger partial charge in [-0.25, -0.2) is 0 Å². The van der Waals surface area contributed by atoms with Crippen molar-refractivity contribution in [2.45, 2.75) is 92.4 Å². The van der Waals surface area contributed by atoms with Gasteiger partial charge in [0.05, 0.1) is 0 Å². The number of hydrogen-bond acceptors (Lipinski definition) is 1. The van der Waals surface area contributed by atoms with Crippen LogP contribution in [0.1, 0.15) is 92.4 Å². The lowest BCUT2D eigenvalue weighted by Crippen LogP contribution is -2.28. The zero-order chi connectivity index (χ0) is 15.2. The maximum absolute atomic E-state index is 3.60. The highest BCUT2D eigenvalue weighted by atomic mass is 14.9. The summed E-state index contributed by atoms with van der Waals surface area (Å²) in [5.41, 5.74) is 0. The van der Waals surface area contributed by atoms with Crippen LogP contribution < -0.4 is 5.32 Å². The Morgan fingerprint density at radius 1 is 0.650 bits per heavy atom. The average molecular weight is 284 g/mol. The van der Waals surface area contributed by atoms with E-state index < -0.39 is 0 Å². The summed E-state index contributed by atoms with van der Waals surface area (Å²) in [4.78, 5) is 0. The summed E-state index contributed by atoms with van der Waals surface area (Å²) >= 11 is 0. The molecule has 0 aliphatic carbocycles. The fraction of sp³-hybridized carbons (Fsp3) is 1.00. The first-order valence-corrected chi connectivity index (χ1v) is 9.28. The Balaban J connectivity index is 3.36. The molecule has 0 bridgehead atoms. The molecular weight excluding hydrogens is 242 g/mol. The second-order valence-electron chi connectivity index (χ2n) is 7.27. The lowest BCUT2D eigenvalue weighted by Gasteiger charge is -2.21. The molecule has 0 saturated heterocycles. The predicted molar refractivity (Wildman–Crippen MR) is 93.3 cm³/mol. The van der Waals surface area contributed by atoms with Crippen LogP contribution in [-0.4, -0.2) is 13.1 Å². The molecular formula is C19H41N. The third-order valence-corrected chi connectivity index (χ3v) is 4.50. The molecule has 20 heavy (non-hydrogen) atoms. The van der Waals surface area contributed by atoms with Crippen LogP contribution in [-0.2, 0) is 0 Å². The minimum atomic E-state index is 0.769. The number of hydrogen-bond donors (Lipinski definition) is 1. The van der Waals surface area contributed by atoms with Crippen LogP contribution in [0, 0.1) is 17.8 Å². The lowest BCUT2D eigenvalue weighted by molar-refractivity contribution is 0.330. The van der Waals surface area contributed by atoms with Gasteiger partial charge in [-0.05, 0) is 30.8 Å². The Morgan fingerprint density at radius 3 is 1.75 bits per heavy atom. The molecule has 0 amide bonds. The van der Waals surface area contributed by atoms with Gasteiger partial charge in [0, 0.05) is 0 Å². The van der Waals surface area contributed by atoms with Crippen LogP contribution in [0.3, 0.4) is 0 Å². The molecule has 0 rings (SSSR count). The van der Waals surface area contributed by atoms with Gasteiger partial charge in [-0.2, -0.15) is 0 Å². The van der Waals surface area contributed by atoms with Gasteiger partial charge >= 0.3 is 0 Å². The molecule has 0 fully saturated rings. The van der Waals surface area contributed by atoms with Crippen molar-refractivity contribution in [1.29, 1.82) is 0 Å². The second-order valence-corrected chi connectivity index (χ2v) is 7.27. The van der Waals surface area contributed by atoms with E-state index in [1.54, 1.807) is 0 Å². The van der Waals surface area contributed by atoms with Crippen molar-refractivity contribution in [3.8, 4) is 0 Å². The fourth-order valence-electron chi connectivity index (χ4n) is 2.69. The van der Waals surface area contributed by atoms with Gasteiger partial charge in [0.25, 0.3) is 0 Å². The molecule has 1 nitrogen and oxygen atoms in total. The zero-order valence-corrected chi connectivity index (χ0v) is 15.0. The standard InChI is InChI=1S/C19H41N/c1-6-7-8-9-10-11-12-13-14-18(4)19(5)16-20-15-17(2)3/h17-20H,6-16H2,1-5H3. The maximum Gasteiger partial charge on any atom is -0.00205 e. The summed E-state index contributed by atoms with van der Waals surface area (Å²) in [5, 5.41) is 3.60. The van der Waals surface area contributed by atoms with E-state index in [0.717, 1.165) is 24.3 Å². The van der Waals surface area contributed by atoms with Gasteiger partial charge in [0.15, 0.2) is 0 Å². The van der Waals surface area contributed by atoms with Gasteiger partial charge < -0.3 is 5.32 Å². The molecule has 0 saturated carbocycles. The SMILES string of the molecule is CCCCCCCCCCC(C)C(C)CNCC(C)C. The van der Waals surface area contributed by atoms with Crippen molar-refractivity contribution in [2.24, 2.45) is 17.8 Å². The largest absolute Gasteiger partial charge is 0.316 e. The first-order chi connectivity index (χ1) is 9.57. The molecule has 0 aromatic carbocycles. The highest BCUT2D eigenvalue weighted by Crippen LogP contribution is 2.19. The molecule has 0 aromatic heterocycles. The van der Waals surface area contributed by atoms with Gasteiger partial charge in [-0.15, -0.1) is 0 Å². The molecule has 0 spiro atoms. The van der Waals surface area contributed by atoms with E-state index in [1.165, 1.54) is 64.3 Å². The van der Waals surface area contributed by atoms with Crippen LogP contribution >= 0.6 is 0 Å². The summed E-state index contributed by atoms with van der Waals surface area (Å²) in [7, 11) is 0. The van der Waals surface area contributed by atoms with Crippen molar-refractivity contribution in [3.05, 3.63) is 0 Å². The van der Waals surface area contributed by atoms with E-state index in [-0.39, 0.29) is 0 Å². The van der Waals surface area contributed by atoms with Crippen molar-refractivity contribution in [2.75, 3.05) is 13.1 Å². The monoisotopic (exact) mass is 283 g/mol. The highest BCUT2D eigenvalue weighted by molar-refractivity contribution is 4.65. The lowest BCUT2D eigenvalue weighted by atomic mass is 9.90. The number of rotatable bonds is 14. The first kappa shape index (κ1) is 20.0. The Morgan fingerprint density at radius 2 is 1.20 bits per heavy atom. The van der Waals surface area contributed by atoms with Crippen LogP contribution in [0.2, 0.25) is 0 Å². The first-order valence-electron chi connectivity index (χ1n) is 9.28. The van der Waals surface area contributed by atoms with E-state index in [1.807, 2.05) is 0 Å². The Labute approximate surface area is 129 Å². The Hall–Kier alpha value is -0.0400. The van der Waals surface area contributed by atoms with Crippen LogP contribution in [0.5, 0.6) is 0 Å². The van der Waals surface area contributed by atoms with Crippen LogP contribution in [0.4, 0.5) is 0 Å². The number of unbranched alkanes of at least 4 members (excludes halogenated alkanes) is 7. The second kappa shape index (κ2) is 13.9. The van der Waals surface area contributed by atoms with E-state index in [9.17, 15) is 0 Å². The topological polar surface area (TPSA) is 12.0 Å². The summed E-state index contributed by atoms with van der Waals surface area (Å²) in [6.45, 7) is 14.0.